The van der Waals surface area contributed by atoms with Gasteiger partial charge in [0.2, 0.25) is 6.17 Å². The SMILES string of the molecule is CCC(C)NC(=O)NC1N=C(c2ccccc2F)c2ccccc2N(C)C1=O. The van der Waals surface area contributed by atoms with Crippen LogP contribution in [0.4, 0.5) is 14.9 Å². The molecule has 2 aromatic carbocycles. The number of hydrogen-bond acceptors (Lipinski definition) is 3. The Labute approximate surface area is 163 Å². The van der Waals surface area contributed by atoms with Gasteiger partial charge in [0, 0.05) is 24.2 Å². The van der Waals surface area contributed by atoms with E-state index in [1.54, 1.807) is 49.5 Å². The summed E-state index contributed by atoms with van der Waals surface area (Å²) in [6, 6.07) is 12.9. The average Bonchev–Trinajstić information content (AvgIpc) is 2.79. The number of urea groups is 1. The molecule has 28 heavy (non-hydrogen) atoms. The summed E-state index contributed by atoms with van der Waals surface area (Å²) in [5.41, 5.74) is 1.81. The molecule has 7 heteroatoms. The maximum atomic E-state index is 14.5. The van der Waals surface area contributed by atoms with Crippen molar-refractivity contribution in [3.05, 3.63) is 65.5 Å². The Morgan fingerprint density at radius 1 is 1.18 bits per heavy atom. The fourth-order valence-electron chi connectivity index (χ4n) is 2.98. The van der Waals surface area contributed by atoms with Crippen LogP contribution in [0.2, 0.25) is 0 Å². The zero-order valence-corrected chi connectivity index (χ0v) is 16.1. The molecule has 0 aliphatic carbocycles. The molecule has 1 aliphatic rings. The van der Waals surface area contributed by atoms with E-state index in [-0.39, 0.29) is 11.6 Å². The van der Waals surface area contributed by atoms with Crippen molar-refractivity contribution in [1.82, 2.24) is 10.6 Å². The lowest BCUT2D eigenvalue weighted by Crippen LogP contribution is -2.50. The molecule has 3 rings (SSSR count). The van der Waals surface area contributed by atoms with Crippen LogP contribution in [0.25, 0.3) is 0 Å². The molecule has 2 N–H and O–H groups in total. The van der Waals surface area contributed by atoms with Gasteiger partial charge in [-0.15, -0.1) is 0 Å². The molecule has 2 unspecified atom stereocenters. The Hall–Kier alpha value is -3.22. The van der Waals surface area contributed by atoms with Crippen LogP contribution in [0.3, 0.4) is 0 Å². The van der Waals surface area contributed by atoms with Crippen molar-refractivity contribution in [1.29, 1.82) is 0 Å². The third-order valence-corrected chi connectivity index (χ3v) is 4.73. The van der Waals surface area contributed by atoms with Gasteiger partial charge in [0.25, 0.3) is 5.91 Å². The van der Waals surface area contributed by atoms with E-state index < -0.39 is 23.9 Å². The number of nitrogens with zero attached hydrogens (tertiary/aromatic N) is 2. The number of benzodiazepines with no additional fused rings is 1. The molecule has 0 spiro atoms. The molecule has 146 valence electrons. The van der Waals surface area contributed by atoms with Gasteiger partial charge in [-0.3, -0.25) is 4.79 Å². The van der Waals surface area contributed by atoms with Crippen molar-refractivity contribution in [2.24, 2.45) is 4.99 Å². The van der Waals surface area contributed by atoms with Crippen molar-refractivity contribution in [3.8, 4) is 0 Å². The number of nitrogens with one attached hydrogen (secondary N) is 2. The number of likely N-dealkylation sites (N-methyl/N-ethyl adjacent to an activating group) is 1. The van der Waals surface area contributed by atoms with Crippen LogP contribution >= 0.6 is 0 Å². The molecule has 1 heterocycles. The highest BCUT2D eigenvalue weighted by Gasteiger charge is 2.31. The lowest BCUT2D eigenvalue weighted by atomic mass is 10.00. The number of aliphatic imine (C=N–C) groups is 1. The first kappa shape index (κ1) is 19.5. The number of amides is 3. The minimum atomic E-state index is -1.17. The van der Waals surface area contributed by atoms with Crippen LogP contribution in [0.1, 0.15) is 31.4 Å². The first-order chi connectivity index (χ1) is 13.4. The average molecular weight is 382 g/mol. The Balaban J connectivity index is 2.07. The molecule has 2 aromatic rings. The van der Waals surface area contributed by atoms with E-state index in [0.29, 0.717) is 17.0 Å². The molecule has 6 nitrogen and oxygen atoms in total. The summed E-state index contributed by atoms with van der Waals surface area (Å²) in [4.78, 5) is 31.1. The van der Waals surface area contributed by atoms with Crippen molar-refractivity contribution in [2.75, 3.05) is 11.9 Å². The largest absolute Gasteiger partial charge is 0.336 e. The molecule has 0 radical (unpaired) electrons. The molecule has 0 fully saturated rings. The monoisotopic (exact) mass is 382 g/mol. The van der Waals surface area contributed by atoms with Gasteiger partial charge < -0.3 is 15.5 Å². The Kier molecular flexibility index (Phi) is 5.73. The highest BCUT2D eigenvalue weighted by molar-refractivity contribution is 6.20. The number of fused-ring (bicyclic) bond motifs is 1. The van der Waals surface area contributed by atoms with Gasteiger partial charge in [0.15, 0.2) is 0 Å². The minimum absolute atomic E-state index is 0.0502. The topological polar surface area (TPSA) is 73.8 Å². The summed E-state index contributed by atoms with van der Waals surface area (Å²) in [6.07, 6.45) is -0.419. The summed E-state index contributed by atoms with van der Waals surface area (Å²) in [5.74, 6) is -0.853. The second kappa shape index (κ2) is 8.21. The predicted octanol–water partition coefficient (Wildman–Crippen LogP) is 3.06. The summed E-state index contributed by atoms with van der Waals surface area (Å²) in [7, 11) is 1.61. The first-order valence-electron chi connectivity index (χ1n) is 9.19. The minimum Gasteiger partial charge on any atom is -0.336 e. The molecular formula is C21H23FN4O2. The van der Waals surface area contributed by atoms with Crippen molar-refractivity contribution < 1.29 is 14.0 Å². The van der Waals surface area contributed by atoms with Crippen LogP contribution in [0, 0.1) is 5.82 Å². The van der Waals surface area contributed by atoms with Crippen LogP contribution in [0.5, 0.6) is 0 Å². The van der Waals surface area contributed by atoms with E-state index in [1.807, 2.05) is 13.8 Å². The molecule has 3 amide bonds. The molecule has 1 aliphatic heterocycles. The van der Waals surface area contributed by atoms with Crippen molar-refractivity contribution in [2.45, 2.75) is 32.5 Å². The smallest absolute Gasteiger partial charge is 0.317 e. The molecular weight excluding hydrogens is 359 g/mol. The number of carbonyl (C=O) groups is 2. The molecule has 2 atom stereocenters. The van der Waals surface area contributed by atoms with Gasteiger partial charge in [-0.1, -0.05) is 37.3 Å². The number of halogens is 1. The Bertz CT molecular complexity index is 928. The lowest BCUT2D eigenvalue weighted by molar-refractivity contribution is -0.119. The zero-order chi connectivity index (χ0) is 20.3. The zero-order valence-electron chi connectivity index (χ0n) is 16.1. The predicted molar refractivity (Wildman–Crippen MR) is 107 cm³/mol. The number of benzene rings is 2. The maximum Gasteiger partial charge on any atom is 0.317 e. The van der Waals surface area contributed by atoms with E-state index in [9.17, 15) is 14.0 Å². The van der Waals surface area contributed by atoms with Gasteiger partial charge in [0.05, 0.1) is 11.4 Å². The normalized spacial score (nSPS) is 17.3. The standard InChI is InChI=1S/C21H23FN4O2/c1-4-13(2)23-21(28)25-19-20(27)26(3)17-12-8-6-10-15(17)18(24-19)14-9-5-7-11-16(14)22/h5-13,19H,4H2,1-3H3,(H2,23,25,28). The van der Waals surface area contributed by atoms with Crippen molar-refractivity contribution >= 4 is 23.3 Å². The van der Waals surface area contributed by atoms with Crippen LogP contribution in [-0.4, -0.2) is 36.9 Å². The third-order valence-electron chi connectivity index (χ3n) is 4.73. The highest BCUT2D eigenvalue weighted by atomic mass is 19.1. The van der Waals surface area contributed by atoms with Crippen LogP contribution in [0.15, 0.2) is 53.5 Å². The Morgan fingerprint density at radius 2 is 1.82 bits per heavy atom. The number of anilines is 1. The summed E-state index contributed by atoms with van der Waals surface area (Å²) in [6.45, 7) is 3.81. The van der Waals surface area contributed by atoms with E-state index in [1.165, 1.54) is 11.0 Å². The molecule has 0 saturated carbocycles. The van der Waals surface area contributed by atoms with Crippen LogP contribution < -0.4 is 15.5 Å². The van der Waals surface area contributed by atoms with Crippen molar-refractivity contribution in [3.63, 3.8) is 0 Å². The summed E-state index contributed by atoms with van der Waals surface area (Å²) >= 11 is 0. The number of hydrogen-bond donors (Lipinski definition) is 2. The fourth-order valence-corrected chi connectivity index (χ4v) is 2.98. The fraction of sp³-hybridized carbons (Fsp3) is 0.286. The van der Waals surface area contributed by atoms with E-state index >= 15 is 0 Å². The van der Waals surface area contributed by atoms with Gasteiger partial charge in [-0.05, 0) is 31.5 Å². The maximum absolute atomic E-state index is 14.5. The lowest BCUT2D eigenvalue weighted by Gasteiger charge is -2.21. The number of para-hydroxylation sites is 1. The first-order valence-corrected chi connectivity index (χ1v) is 9.19. The van der Waals surface area contributed by atoms with E-state index in [2.05, 4.69) is 15.6 Å². The van der Waals surface area contributed by atoms with E-state index in [0.717, 1.165) is 6.42 Å². The van der Waals surface area contributed by atoms with Gasteiger partial charge in [0.1, 0.15) is 5.82 Å². The molecule has 0 bridgehead atoms. The second-order valence-electron chi connectivity index (χ2n) is 6.70. The summed E-state index contributed by atoms with van der Waals surface area (Å²) in [5, 5.41) is 5.36. The quantitative estimate of drug-likeness (QED) is 0.853. The molecule has 0 aromatic heterocycles. The summed E-state index contributed by atoms with van der Waals surface area (Å²) < 4.78 is 14.5. The van der Waals surface area contributed by atoms with Gasteiger partial charge >= 0.3 is 6.03 Å². The van der Waals surface area contributed by atoms with Gasteiger partial charge in [-0.25, -0.2) is 14.2 Å². The second-order valence-corrected chi connectivity index (χ2v) is 6.70. The Morgan fingerprint density at radius 3 is 2.50 bits per heavy atom. The van der Waals surface area contributed by atoms with Crippen LogP contribution in [-0.2, 0) is 4.79 Å². The highest BCUT2D eigenvalue weighted by Crippen LogP contribution is 2.27. The third kappa shape index (κ3) is 3.88. The van der Waals surface area contributed by atoms with Gasteiger partial charge in [-0.2, -0.15) is 0 Å². The van der Waals surface area contributed by atoms with E-state index in [4.69, 9.17) is 0 Å². The number of carbonyl (C=O) groups excluding carboxylic acids is 2. The number of rotatable bonds is 4. The molecule has 0 saturated heterocycles.